The van der Waals surface area contributed by atoms with Gasteiger partial charge in [0, 0.05) is 0 Å². The largest absolute Gasteiger partial charge is 0.512 e. The highest BCUT2D eigenvalue weighted by Crippen LogP contribution is 2.47. The van der Waals surface area contributed by atoms with E-state index in [1.807, 2.05) is 0 Å². The second kappa shape index (κ2) is 34.5. The molecule has 25 N–H and O–H groups in total. The van der Waals surface area contributed by atoms with Crippen LogP contribution in [0.5, 0.6) is 155 Å². The quantitative estimate of drug-likeness (QED) is 0.00749. The number of rotatable bonds is 23. The number of benzene rings is 9. The first kappa shape index (κ1) is 86.3. The van der Waals surface area contributed by atoms with Crippen molar-refractivity contribution in [2.45, 2.75) is 30.7 Å². The van der Waals surface area contributed by atoms with E-state index >= 15 is 14.4 Å². The minimum absolute atomic E-state index is 0.150. The fraction of sp³-hybridized carbons (Fsp3) is 0.0789. The summed E-state index contributed by atoms with van der Waals surface area (Å²) in [6, 6.07) is 7.62. The Hall–Kier alpha value is -18.1. The molecule has 0 aliphatic carbocycles. The monoisotopic (exact) mass is 1700 g/mol. The van der Waals surface area contributed by atoms with Crippen LogP contribution >= 0.6 is 0 Å². The first-order valence-electron chi connectivity index (χ1n) is 33.0. The molecule has 0 spiro atoms. The number of carbonyl (C=O) groups is 10. The number of aromatic hydroxyl groups is 23. The lowest BCUT2D eigenvalue weighted by atomic mass is 9.97. The molecule has 1 aliphatic heterocycles. The van der Waals surface area contributed by atoms with Gasteiger partial charge in [-0.2, -0.15) is 0 Å². The van der Waals surface area contributed by atoms with E-state index in [-0.39, 0.29) is 6.26 Å². The molecule has 1 fully saturated rings. The molecule has 5 atom stereocenters. The van der Waals surface area contributed by atoms with Crippen molar-refractivity contribution in [3.8, 4) is 155 Å². The zero-order valence-electron chi connectivity index (χ0n) is 60.1. The lowest BCUT2D eigenvalue weighted by molar-refractivity contribution is -0.283. The van der Waals surface area contributed by atoms with Gasteiger partial charge >= 0.3 is 59.7 Å². The highest BCUT2D eigenvalue weighted by molar-refractivity contribution is 6.00. The molecule has 46 nitrogen and oxygen atoms in total. The number of aliphatic hydroxyl groups is 2. The Morgan fingerprint density at radius 3 is 0.803 bits per heavy atom. The first-order valence-corrected chi connectivity index (χ1v) is 33.0. The Balaban J connectivity index is 1.16. The van der Waals surface area contributed by atoms with Crippen molar-refractivity contribution in [3.63, 3.8) is 0 Å². The molecule has 122 heavy (non-hydrogen) atoms. The third-order valence-corrected chi connectivity index (χ3v) is 16.6. The van der Waals surface area contributed by atoms with Gasteiger partial charge in [0.2, 0.25) is 35.4 Å². The van der Waals surface area contributed by atoms with E-state index in [1.54, 1.807) is 0 Å². The summed E-state index contributed by atoms with van der Waals surface area (Å²) in [5, 5.41) is 260. The van der Waals surface area contributed by atoms with Crippen LogP contribution in [0.25, 0.3) is 0 Å². The number of hydrogen-bond acceptors (Lipinski definition) is 46. The van der Waals surface area contributed by atoms with E-state index in [1.165, 1.54) is 0 Å². The van der Waals surface area contributed by atoms with Crippen LogP contribution in [0.2, 0.25) is 0 Å². The van der Waals surface area contributed by atoms with Crippen LogP contribution < -0.4 is 18.9 Å². The van der Waals surface area contributed by atoms with Crippen LogP contribution in [0.4, 0.5) is 0 Å². The first-order chi connectivity index (χ1) is 57.3. The van der Waals surface area contributed by atoms with Crippen molar-refractivity contribution < 1.29 is 228 Å². The maximum atomic E-state index is 15.3. The second-order valence-corrected chi connectivity index (χ2v) is 24.8. The van der Waals surface area contributed by atoms with Gasteiger partial charge in [-0.1, -0.05) is 6.58 Å². The molecule has 634 valence electrons. The molecule has 0 radical (unpaired) electrons. The molecule has 0 amide bonds. The van der Waals surface area contributed by atoms with Gasteiger partial charge in [0.05, 0.1) is 55.6 Å². The van der Waals surface area contributed by atoms with Gasteiger partial charge in [-0.15, -0.1) is 0 Å². The van der Waals surface area contributed by atoms with Crippen molar-refractivity contribution in [1.29, 1.82) is 0 Å². The molecule has 1 saturated heterocycles. The zero-order chi connectivity index (χ0) is 89.8. The van der Waals surface area contributed by atoms with Gasteiger partial charge in [0.1, 0.15) is 19.0 Å². The highest BCUT2D eigenvalue weighted by Gasteiger charge is 2.55. The smallest absolute Gasteiger partial charge is 0.343 e. The van der Waals surface area contributed by atoms with Crippen molar-refractivity contribution in [2.75, 3.05) is 6.61 Å². The van der Waals surface area contributed by atoms with Gasteiger partial charge < -0.3 is 180 Å². The third kappa shape index (κ3) is 18.5. The van der Waals surface area contributed by atoms with Crippen LogP contribution in [0, 0.1) is 0 Å². The number of esters is 10. The number of ether oxygens (including phenoxy) is 11. The summed E-state index contributed by atoms with van der Waals surface area (Å²) >= 11 is 0. The average Bonchev–Trinajstić information content (AvgIpc) is 0.763. The fourth-order valence-electron chi connectivity index (χ4n) is 10.5. The van der Waals surface area contributed by atoms with E-state index < -0.39 is 319 Å². The number of phenolic OH excluding ortho intramolecular Hbond substituents is 23. The van der Waals surface area contributed by atoms with E-state index in [9.17, 15) is 161 Å². The summed E-state index contributed by atoms with van der Waals surface area (Å²) in [6.45, 7) is 1.70. The summed E-state index contributed by atoms with van der Waals surface area (Å²) < 4.78 is 60.2. The Labute approximate surface area is 673 Å². The molecule has 1 heterocycles. The number of phenols is 23. The Bertz CT molecular complexity index is 5860. The summed E-state index contributed by atoms with van der Waals surface area (Å²) in [6.07, 6.45) is -14.9. The number of aliphatic hydroxyl groups excluding tert-OH is 2. The SMILES string of the molecule is C=C(/C=C(OC(=O)c1cc(O)c(O)c(O)c1)\C(O)=C\O)C(=O)OC[C@H]1O[C@@H](OC(=O)c2cc(O)c(O)c(OC(=O)c3cc(O)c(O)c(O)c3)c2)[C@H](OC(=O)c2cc(O)c(O)c(OC(=O)c3cc(O)c(O)c(O)c3)c2)[C@@H](OC(=O)c2cc(O)c(O)c(OC(=O)c3cc(O)c(O)c(O)c3)c2)[C@@H]1OC(=O)c1cc(O)c(O)c(OC(=O)c2cc(O)c(O)c(O)c2)c1. The topological polar surface area (TPSA) is 778 Å². The van der Waals surface area contributed by atoms with E-state index in [0.717, 1.165) is 0 Å². The van der Waals surface area contributed by atoms with Gasteiger partial charge in [-0.25, -0.2) is 47.9 Å². The molecule has 0 bridgehead atoms. The molecule has 0 aromatic heterocycles. The predicted molar refractivity (Wildman–Crippen MR) is 385 cm³/mol. The van der Waals surface area contributed by atoms with Gasteiger partial charge in [0.25, 0.3) is 0 Å². The Kier molecular flexibility index (Phi) is 24.4. The molecular weight excluding hydrogens is 1650 g/mol. The molecule has 1 aliphatic rings. The second-order valence-electron chi connectivity index (χ2n) is 24.8. The van der Waals surface area contributed by atoms with Crippen molar-refractivity contribution >= 4 is 59.7 Å². The number of carbonyl (C=O) groups excluding carboxylic acids is 10. The van der Waals surface area contributed by atoms with Crippen molar-refractivity contribution in [1.82, 2.24) is 0 Å². The van der Waals surface area contributed by atoms with Crippen LogP contribution in [-0.4, -0.2) is 225 Å². The van der Waals surface area contributed by atoms with Crippen molar-refractivity contribution in [2.24, 2.45) is 0 Å². The standard InChI is InChI=1S/C76H54O46/c1-23(2-48(47(92)21-77)113-67(103)24-3-33(78)54(93)34(79)4-24)66(102)112-22-53-63(119-72(108)29-13-43(88)59(98)49(17-29)114-68(104)25-5-35(80)55(94)36(81)6-25)64(120-73(109)30-14-44(89)60(99)50(18-30)115-69(105)26-7-37(82)56(95)38(83)8-26)65(121-74(110)31-15-45(90)61(100)51(19-31)116-70(106)27-9-39(84)57(96)40(85)10-27)76(118-53)122-75(111)32-16-46(91)62(101)52(20-32)117-71(107)28-11-41(86)58(97)42(87)12-28/h2-21,53,63-65,76-101H,1,22H2/b47-21-,48-2+/t53-,63-,64+,65-,76+/m1/s1. The van der Waals surface area contributed by atoms with Crippen LogP contribution in [0.3, 0.4) is 0 Å². The molecule has 46 heteroatoms. The maximum absolute atomic E-state index is 15.3. The van der Waals surface area contributed by atoms with E-state index in [4.69, 9.17) is 52.1 Å². The van der Waals surface area contributed by atoms with Crippen LogP contribution in [-0.2, 0) is 38.0 Å². The van der Waals surface area contributed by atoms with E-state index in [0.29, 0.717) is 115 Å². The zero-order valence-corrected chi connectivity index (χ0v) is 60.1. The summed E-state index contributed by atoms with van der Waals surface area (Å²) in [4.78, 5) is 142. The fourth-order valence-corrected chi connectivity index (χ4v) is 10.5. The summed E-state index contributed by atoms with van der Waals surface area (Å²) in [7, 11) is 0. The summed E-state index contributed by atoms with van der Waals surface area (Å²) in [5.74, 6) is -55.0. The minimum atomic E-state index is -3.12. The normalized spacial score (nSPS) is 14.9. The molecule has 9 aromatic rings. The Morgan fingerprint density at radius 2 is 0.533 bits per heavy atom. The highest BCUT2D eigenvalue weighted by atomic mass is 16.8. The predicted octanol–water partition coefficient (Wildman–Crippen LogP) is 5.15. The summed E-state index contributed by atoms with van der Waals surface area (Å²) in [5.41, 5.74) is -10.1. The molecule has 10 rings (SSSR count). The molecular formula is C76H54O46. The lowest BCUT2D eigenvalue weighted by Gasteiger charge is -2.43. The van der Waals surface area contributed by atoms with E-state index in [2.05, 4.69) is 6.58 Å². The number of hydrogen-bond donors (Lipinski definition) is 25. The van der Waals surface area contributed by atoms with Crippen molar-refractivity contribution in [3.05, 3.63) is 195 Å². The van der Waals surface area contributed by atoms with Gasteiger partial charge in [-0.3, -0.25) is 0 Å². The minimum Gasteiger partial charge on any atom is -0.512 e. The molecule has 0 saturated carbocycles. The lowest BCUT2D eigenvalue weighted by Crippen LogP contribution is -2.63. The maximum Gasteiger partial charge on any atom is 0.343 e. The van der Waals surface area contributed by atoms with Gasteiger partial charge in [-0.05, 0) is 115 Å². The van der Waals surface area contributed by atoms with Gasteiger partial charge in [0.15, 0.2) is 156 Å². The molecule has 0 unspecified atom stereocenters. The Morgan fingerprint density at radius 1 is 0.303 bits per heavy atom. The molecule has 9 aromatic carbocycles. The van der Waals surface area contributed by atoms with Crippen LogP contribution in [0.15, 0.2) is 145 Å². The average molecular weight is 1700 g/mol. The van der Waals surface area contributed by atoms with Crippen LogP contribution in [0.1, 0.15) is 93.2 Å². The third-order valence-electron chi connectivity index (χ3n) is 16.6.